The van der Waals surface area contributed by atoms with Crippen molar-refractivity contribution < 1.29 is 0 Å². The van der Waals surface area contributed by atoms with E-state index in [4.69, 9.17) is 0 Å². The second kappa shape index (κ2) is 2.23. The summed E-state index contributed by atoms with van der Waals surface area (Å²) in [6, 6.07) is 0.794. The van der Waals surface area contributed by atoms with Crippen LogP contribution in [0.3, 0.4) is 0 Å². The van der Waals surface area contributed by atoms with Crippen molar-refractivity contribution in [2.75, 3.05) is 7.05 Å². The van der Waals surface area contributed by atoms with Crippen LogP contribution in [0.15, 0.2) is 0 Å². The van der Waals surface area contributed by atoms with Crippen LogP contribution in [0.1, 0.15) is 34.1 Å². The van der Waals surface area contributed by atoms with Gasteiger partial charge in [-0.15, -0.1) is 0 Å². The molecule has 0 spiro atoms. The molecule has 4 atom stereocenters. The molecule has 0 aromatic rings. The molecule has 0 aliphatic carbocycles. The molecule has 0 aromatic carbocycles. The molecule has 0 saturated carbocycles. The molecule has 1 heterocycles. The van der Waals surface area contributed by atoms with Gasteiger partial charge in [0.2, 0.25) is 0 Å². The summed E-state index contributed by atoms with van der Waals surface area (Å²) in [5.74, 6) is 0.840. The monoisotopic (exact) mass is 141 g/mol. The maximum absolute atomic E-state index is 2.46. The number of nitrogens with zero attached hydrogens (tertiary/aromatic N) is 1. The molecule has 4 unspecified atom stereocenters. The van der Waals surface area contributed by atoms with E-state index in [1.165, 1.54) is 6.42 Å². The fourth-order valence-corrected chi connectivity index (χ4v) is 1.94. The van der Waals surface area contributed by atoms with Crippen molar-refractivity contribution in [3.8, 4) is 0 Å². The Balaban J connectivity index is 2.56. The van der Waals surface area contributed by atoms with Gasteiger partial charge in [-0.25, -0.2) is 0 Å². The molecule has 1 heteroatoms. The Kier molecular flexibility index (Phi) is 1.80. The molecule has 1 nitrogen and oxygen atoms in total. The van der Waals surface area contributed by atoms with E-state index in [9.17, 15) is 0 Å². The molecule has 1 aliphatic rings. The second-order valence-electron chi connectivity index (χ2n) is 3.82. The highest BCUT2D eigenvalue weighted by Gasteiger charge is 2.55. The lowest BCUT2D eigenvalue weighted by molar-refractivity contribution is 0.353. The van der Waals surface area contributed by atoms with Gasteiger partial charge in [0.15, 0.2) is 0 Å². The van der Waals surface area contributed by atoms with Gasteiger partial charge in [-0.05, 0) is 26.8 Å². The Morgan fingerprint density at radius 1 is 1.60 bits per heavy atom. The lowest BCUT2D eigenvalue weighted by Crippen LogP contribution is -2.22. The first-order valence-corrected chi connectivity index (χ1v) is 4.28. The van der Waals surface area contributed by atoms with Gasteiger partial charge in [0.25, 0.3) is 0 Å². The largest absolute Gasteiger partial charge is 0.295 e. The normalized spacial score (nSPS) is 48.9. The highest BCUT2D eigenvalue weighted by molar-refractivity contribution is 5.12. The highest BCUT2D eigenvalue weighted by atomic mass is 15.4. The second-order valence-corrected chi connectivity index (χ2v) is 3.82. The Labute approximate surface area is 64.4 Å². The first-order chi connectivity index (χ1) is 4.55. The predicted octanol–water partition coefficient (Wildman–Crippen LogP) is 2.13. The van der Waals surface area contributed by atoms with Gasteiger partial charge in [0.05, 0.1) is 0 Å². The molecule has 0 N–H and O–H groups in total. The molecule has 10 heavy (non-hydrogen) atoms. The molecule has 0 aromatic heterocycles. The number of likely N-dealkylation sites (N-methyl/N-ethyl adjacent to an activating group) is 1. The molecule has 1 aliphatic heterocycles. The van der Waals surface area contributed by atoms with Crippen molar-refractivity contribution in [1.82, 2.24) is 4.90 Å². The van der Waals surface area contributed by atoms with Gasteiger partial charge in [-0.1, -0.05) is 20.3 Å². The van der Waals surface area contributed by atoms with Gasteiger partial charge in [-0.3, -0.25) is 4.90 Å². The summed E-state index contributed by atoms with van der Waals surface area (Å²) in [5.41, 5.74) is 0.509. The van der Waals surface area contributed by atoms with E-state index in [-0.39, 0.29) is 0 Å². The number of hydrogen-bond donors (Lipinski definition) is 0. The topological polar surface area (TPSA) is 3.01 Å². The summed E-state index contributed by atoms with van der Waals surface area (Å²) < 4.78 is 0. The van der Waals surface area contributed by atoms with Crippen LogP contribution in [-0.4, -0.2) is 23.5 Å². The average molecular weight is 141 g/mol. The van der Waals surface area contributed by atoms with Crippen LogP contribution in [0.5, 0.6) is 0 Å². The van der Waals surface area contributed by atoms with Crippen molar-refractivity contribution in [2.24, 2.45) is 5.92 Å². The van der Waals surface area contributed by atoms with Crippen molar-refractivity contribution in [3.63, 3.8) is 0 Å². The maximum Gasteiger partial charge on any atom is 0.0359 e. The first kappa shape index (κ1) is 8.06. The van der Waals surface area contributed by atoms with Gasteiger partial charge in [0.1, 0.15) is 0 Å². The fraction of sp³-hybridized carbons (Fsp3) is 1.00. The molecule has 1 rings (SSSR count). The quantitative estimate of drug-likeness (QED) is 0.532. The van der Waals surface area contributed by atoms with Crippen LogP contribution in [0.25, 0.3) is 0 Å². The van der Waals surface area contributed by atoms with Gasteiger partial charge < -0.3 is 0 Å². The van der Waals surface area contributed by atoms with Crippen LogP contribution in [0.4, 0.5) is 0 Å². The molecule has 60 valence electrons. The van der Waals surface area contributed by atoms with Crippen LogP contribution in [0.2, 0.25) is 0 Å². The Bertz CT molecular complexity index is 123. The van der Waals surface area contributed by atoms with Crippen molar-refractivity contribution in [1.29, 1.82) is 0 Å². The highest BCUT2D eigenvalue weighted by Crippen LogP contribution is 2.45. The summed E-state index contributed by atoms with van der Waals surface area (Å²) in [7, 11) is 2.22. The average Bonchev–Trinajstić information content (AvgIpc) is 2.41. The molecular formula is C9H19N. The molecule has 0 bridgehead atoms. The summed E-state index contributed by atoms with van der Waals surface area (Å²) in [6.45, 7) is 9.30. The summed E-state index contributed by atoms with van der Waals surface area (Å²) in [6.07, 6.45) is 1.30. The third-order valence-corrected chi connectivity index (χ3v) is 3.73. The Hall–Kier alpha value is -0.0400. The standard InChI is InChI=1S/C9H19N/c1-6-7(2)9(4)8(3)10(9)5/h7-8H,6H2,1-5H3. The van der Waals surface area contributed by atoms with E-state index in [0.29, 0.717) is 5.54 Å². The van der Waals surface area contributed by atoms with Gasteiger partial charge in [0, 0.05) is 11.6 Å². The Morgan fingerprint density at radius 3 is 2.10 bits per heavy atom. The minimum absolute atomic E-state index is 0.509. The molecule has 1 fully saturated rings. The third-order valence-electron chi connectivity index (χ3n) is 3.73. The van der Waals surface area contributed by atoms with E-state index in [0.717, 1.165) is 12.0 Å². The fourth-order valence-electron chi connectivity index (χ4n) is 1.94. The minimum Gasteiger partial charge on any atom is -0.295 e. The van der Waals surface area contributed by atoms with Gasteiger partial charge in [-0.2, -0.15) is 0 Å². The van der Waals surface area contributed by atoms with E-state index < -0.39 is 0 Å². The lowest BCUT2D eigenvalue weighted by Gasteiger charge is -2.17. The maximum atomic E-state index is 2.46. The smallest absolute Gasteiger partial charge is 0.0359 e. The minimum atomic E-state index is 0.509. The van der Waals surface area contributed by atoms with E-state index >= 15 is 0 Å². The first-order valence-electron chi connectivity index (χ1n) is 4.28. The SMILES string of the molecule is CCC(C)C1(C)C(C)N1C. The summed E-state index contributed by atoms with van der Waals surface area (Å²) >= 11 is 0. The van der Waals surface area contributed by atoms with E-state index in [2.05, 4.69) is 39.6 Å². The number of rotatable bonds is 2. The van der Waals surface area contributed by atoms with E-state index in [1.54, 1.807) is 0 Å². The lowest BCUT2D eigenvalue weighted by atomic mass is 9.90. The molecule has 1 saturated heterocycles. The van der Waals surface area contributed by atoms with Crippen molar-refractivity contribution >= 4 is 0 Å². The van der Waals surface area contributed by atoms with Crippen molar-refractivity contribution in [3.05, 3.63) is 0 Å². The molecule has 0 radical (unpaired) electrons. The third kappa shape index (κ3) is 0.800. The summed E-state index contributed by atoms with van der Waals surface area (Å²) in [4.78, 5) is 2.46. The zero-order valence-corrected chi connectivity index (χ0v) is 7.81. The van der Waals surface area contributed by atoms with E-state index in [1.807, 2.05) is 0 Å². The van der Waals surface area contributed by atoms with Crippen LogP contribution >= 0.6 is 0 Å². The van der Waals surface area contributed by atoms with Crippen LogP contribution in [-0.2, 0) is 0 Å². The Morgan fingerprint density at radius 2 is 2.00 bits per heavy atom. The van der Waals surface area contributed by atoms with Gasteiger partial charge >= 0.3 is 0 Å². The zero-order chi connectivity index (χ0) is 7.94. The predicted molar refractivity (Wildman–Crippen MR) is 45.1 cm³/mol. The molecule has 0 amide bonds. The number of hydrogen-bond acceptors (Lipinski definition) is 1. The van der Waals surface area contributed by atoms with Crippen LogP contribution in [0, 0.1) is 5.92 Å². The molecular weight excluding hydrogens is 122 g/mol. The van der Waals surface area contributed by atoms with Crippen LogP contribution < -0.4 is 0 Å². The zero-order valence-electron chi connectivity index (χ0n) is 7.81. The summed E-state index contributed by atoms with van der Waals surface area (Å²) in [5, 5.41) is 0. The van der Waals surface area contributed by atoms with Crippen molar-refractivity contribution in [2.45, 2.75) is 45.7 Å².